The predicted octanol–water partition coefficient (Wildman–Crippen LogP) is 4.02. The number of carbonyl (C=O) groups excluding carboxylic acids is 1. The van der Waals surface area contributed by atoms with Crippen LogP contribution in [0.1, 0.15) is 28.4 Å². The zero-order valence-electron chi connectivity index (χ0n) is 14.8. The Labute approximate surface area is 160 Å². The molecule has 1 amide bonds. The summed E-state index contributed by atoms with van der Waals surface area (Å²) in [5.74, 6) is -1.52. The van der Waals surface area contributed by atoms with Crippen molar-refractivity contribution < 1.29 is 19.8 Å². The molecule has 2 N–H and O–H groups in total. The molecular formula is C20H18N2O4S. The Morgan fingerprint density at radius 1 is 1.22 bits per heavy atom. The van der Waals surface area contributed by atoms with E-state index in [0.717, 1.165) is 17.2 Å². The summed E-state index contributed by atoms with van der Waals surface area (Å²) in [6.45, 7) is 4.24. The minimum absolute atomic E-state index is 0.123. The van der Waals surface area contributed by atoms with Crippen LogP contribution in [-0.4, -0.2) is 38.7 Å². The molecule has 3 rings (SSSR count). The summed E-state index contributed by atoms with van der Waals surface area (Å²) in [6.07, 6.45) is 1.80. The third kappa shape index (κ3) is 4.03. The fourth-order valence-electron chi connectivity index (χ4n) is 2.58. The van der Waals surface area contributed by atoms with Gasteiger partial charge >= 0.3 is 5.97 Å². The number of rotatable bonds is 4. The van der Waals surface area contributed by atoms with E-state index in [2.05, 4.69) is 4.99 Å². The van der Waals surface area contributed by atoms with Gasteiger partial charge in [-0.1, -0.05) is 29.8 Å². The van der Waals surface area contributed by atoms with Crippen molar-refractivity contribution >= 4 is 40.6 Å². The number of amidine groups is 1. The van der Waals surface area contributed by atoms with Crippen molar-refractivity contribution in [3.05, 3.63) is 64.1 Å². The number of aryl methyl sites for hydroxylation is 1. The Morgan fingerprint density at radius 2 is 1.93 bits per heavy atom. The average Bonchev–Trinajstić information content (AvgIpc) is 2.92. The molecule has 2 aromatic rings. The largest absolute Gasteiger partial charge is 0.508 e. The van der Waals surface area contributed by atoms with E-state index >= 15 is 0 Å². The number of phenols is 1. The second kappa shape index (κ2) is 7.67. The Morgan fingerprint density at radius 3 is 2.56 bits per heavy atom. The van der Waals surface area contributed by atoms with E-state index in [1.165, 1.54) is 28.8 Å². The number of carboxylic acid groups (broad SMARTS) is 1. The number of hydrogen-bond donors (Lipinski definition) is 2. The minimum atomic E-state index is -1.20. The molecule has 27 heavy (non-hydrogen) atoms. The predicted molar refractivity (Wildman–Crippen MR) is 106 cm³/mol. The molecule has 7 heteroatoms. The average molecular weight is 382 g/mol. The Balaban J connectivity index is 1.99. The molecule has 1 aliphatic rings. The fraction of sp³-hybridized carbons (Fsp3) is 0.150. The number of phenolic OH excluding ortho intramolecular Hbond substituents is 1. The second-order valence-electron chi connectivity index (χ2n) is 5.97. The van der Waals surface area contributed by atoms with Crippen LogP contribution in [0.4, 0.5) is 5.69 Å². The van der Waals surface area contributed by atoms with Crippen LogP contribution in [-0.2, 0) is 4.79 Å². The van der Waals surface area contributed by atoms with Gasteiger partial charge in [-0.25, -0.2) is 9.79 Å². The second-order valence-corrected chi connectivity index (χ2v) is 6.98. The molecule has 1 fully saturated rings. The van der Waals surface area contributed by atoms with Crippen LogP contribution >= 0.6 is 11.8 Å². The van der Waals surface area contributed by atoms with E-state index in [-0.39, 0.29) is 22.9 Å². The van der Waals surface area contributed by atoms with E-state index in [0.29, 0.717) is 16.6 Å². The third-order valence-electron chi connectivity index (χ3n) is 4.01. The Bertz CT molecular complexity index is 964. The molecule has 1 saturated heterocycles. The molecule has 0 radical (unpaired) electrons. The molecule has 0 aliphatic carbocycles. The maximum absolute atomic E-state index is 12.7. The molecule has 138 valence electrons. The highest BCUT2D eigenvalue weighted by Crippen LogP contribution is 2.35. The van der Waals surface area contributed by atoms with Crippen LogP contribution in [0, 0.1) is 6.92 Å². The van der Waals surface area contributed by atoms with Gasteiger partial charge in [0, 0.05) is 6.54 Å². The van der Waals surface area contributed by atoms with Crippen LogP contribution in [0.15, 0.2) is 52.4 Å². The van der Waals surface area contributed by atoms with E-state index < -0.39 is 5.97 Å². The van der Waals surface area contributed by atoms with E-state index in [4.69, 9.17) is 0 Å². The van der Waals surface area contributed by atoms with Crippen LogP contribution in [0.25, 0.3) is 6.08 Å². The maximum atomic E-state index is 12.7. The van der Waals surface area contributed by atoms with Crippen LogP contribution in [0.2, 0.25) is 0 Å². The standard InChI is InChI=1S/C20H18N2O4S/c1-3-22-18(24)17(10-13-6-4-12(2)5-7-13)27-20(22)21-16-9-8-14(23)11-15(16)19(25)26/h4-11,23H,3H2,1-2H3,(H,25,26)/b17-10-,21-20?. The van der Waals surface area contributed by atoms with Gasteiger partial charge < -0.3 is 10.2 Å². The molecule has 0 atom stereocenters. The molecule has 0 bridgehead atoms. The normalized spacial score (nSPS) is 17.1. The monoisotopic (exact) mass is 382 g/mol. The quantitative estimate of drug-likeness (QED) is 0.780. The molecule has 0 spiro atoms. The van der Waals surface area contributed by atoms with Crippen molar-refractivity contribution in [3.8, 4) is 5.75 Å². The number of aliphatic imine (C=N–C) groups is 1. The number of carbonyl (C=O) groups is 2. The van der Waals surface area contributed by atoms with Crippen molar-refractivity contribution in [2.24, 2.45) is 4.99 Å². The highest BCUT2D eigenvalue weighted by atomic mass is 32.2. The van der Waals surface area contributed by atoms with Gasteiger partial charge in [0.15, 0.2) is 5.17 Å². The molecule has 0 aromatic heterocycles. The molecule has 0 unspecified atom stereocenters. The van der Waals surface area contributed by atoms with Gasteiger partial charge in [-0.05, 0) is 55.4 Å². The van der Waals surface area contributed by atoms with Crippen molar-refractivity contribution in [1.29, 1.82) is 0 Å². The zero-order chi connectivity index (χ0) is 19.6. The van der Waals surface area contributed by atoms with Gasteiger partial charge in [-0.3, -0.25) is 9.69 Å². The van der Waals surface area contributed by atoms with E-state index in [9.17, 15) is 19.8 Å². The molecule has 2 aromatic carbocycles. The van der Waals surface area contributed by atoms with Gasteiger partial charge in [0.1, 0.15) is 5.75 Å². The summed E-state index contributed by atoms with van der Waals surface area (Å²) >= 11 is 1.20. The lowest BCUT2D eigenvalue weighted by Gasteiger charge is -2.12. The molecule has 0 saturated carbocycles. The number of thioether (sulfide) groups is 1. The third-order valence-corrected chi connectivity index (χ3v) is 5.01. The highest BCUT2D eigenvalue weighted by Gasteiger charge is 2.32. The highest BCUT2D eigenvalue weighted by molar-refractivity contribution is 8.18. The smallest absolute Gasteiger partial charge is 0.338 e. The number of aromatic hydroxyl groups is 1. The Hall–Kier alpha value is -3.06. The first-order valence-electron chi connectivity index (χ1n) is 8.32. The molecular weight excluding hydrogens is 364 g/mol. The fourth-order valence-corrected chi connectivity index (χ4v) is 3.64. The topological polar surface area (TPSA) is 90.2 Å². The van der Waals surface area contributed by atoms with Crippen LogP contribution in [0.5, 0.6) is 5.75 Å². The van der Waals surface area contributed by atoms with Crippen molar-refractivity contribution in [1.82, 2.24) is 4.90 Å². The summed E-state index contributed by atoms with van der Waals surface area (Å²) in [6, 6.07) is 11.7. The first-order valence-corrected chi connectivity index (χ1v) is 9.13. The number of carboxylic acids is 1. The number of amides is 1. The summed E-state index contributed by atoms with van der Waals surface area (Å²) in [7, 11) is 0. The van der Waals surface area contributed by atoms with E-state index in [1.54, 1.807) is 6.08 Å². The summed E-state index contributed by atoms with van der Waals surface area (Å²) in [5.41, 5.74) is 2.10. The number of aromatic carboxylic acids is 1. The van der Waals surface area contributed by atoms with Crippen molar-refractivity contribution in [3.63, 3.8) is 0 Å². The summed E-state index contributed by atoms with van der Waals surface area (Å²) < 4.78 is 0. The number of benzene rings is 2. The Kier molecular flexibility index (Phi) is 5.32. The first kappa shape index (κ1) is 18.7. The van der Waals surface area contributed by atoms with Gasteiger partial charge in [-0.15, -0.1) is 0 Å². The van der Waals surface area contributed by atoms with Gasteiger partial charge in [0.2, 0.25) is 0 Å². The lowest BCUT2D eigenvalue weighted by atomic mass is 10.1. The number of hydrogen-bond acceptors (Lipinski definition) is 5. The number of nitrogens with zero attached hydrogens (tertiary/aromatic N) is 2. The van der Waals surface area contributed by atoms with Crippen molar-refractivity contribution in [2.45, 2.75) is 13.8 Å². The maximum Gasteiger partial charge on any atom is 0.338 e. The van der Waals surface area contributed by atoms with E-state index in [1.807, 2.05) is 38.1 Å². The van der Waals surface area contributed by atoms with Gasteiger partial charge in [-0.2, -0.15) is 0 Å². The lowest BCUT2D eigenvalue weighted by Crippen LogP contribution is -2.28. The summed E-state index contributed by atoms with van der Waals surface area (Å²) in [4.78, 5) is 30.5. The van der Waals surface area contributed by atoms with Gasteiger partial charge in [0.25, 0.3) is 5.91 Å². The SMILES string of the molecule is CCN1C(=O)/C(=C/c2ccc(C)cc2)SC1=Nc1ccc(O)cc1C(=O)O. The summed E-state index contributed by atoms with van der Waals surface area (Å²) in [5, 5.41) is 19.3. The number of likely N-dealkylation sites (N-methyl/N-ethyl adjacent to an activating group) is 1. The van der Waals surface area contributed by atoms with Gasteiger partial charge in [0.05, 0.1) is 16.2 Å². The van der Waals surface area contributed by atoms with Crippen LogP contribution in [0.3, 0.4) is 0 Å². The zero-order valence-corrected chi connectivity index (χ0v) is 15.7. The lowest BCUT2D eigenvalue weighted by molar-refractivity contribution is -0.122. The molecule has 1 aliphatic heterocycles. The molecule has 1 heterocycles. The van der Waals surface area contributed by atoms with Crippen LogP contribution < -0.4 is 0 Å². The van der Waals surface area contributed by atoms with Crippen molar-refractivity contribution in [2.75, 3.05) is 6.54 Å². The first-order chi connectivity index (χ1) is 12.9. The molecule has 6 nitrogen and oxygen atoms in total. The minimum Gasteiger partial charge on any atom is -0.508 e.